The molecule has 146 valence electrons. The average molecular weight is 423 g/mol. The SMILES string of the molecule is COC(=O)c1sc(NC(=O)[C@@H](Sc2ccccc2)c2ccccc2)c(C#N)c1C. The van der Waals surface area contributed by atoms with Gasteiger partial charge in [0.25, 0.3) is 0 Å². The van der Waals surface area contributed by atoms with Crippen LogP contribution in [0.25, 0.3) is 0 Å². The van der Waals surface area contributed by atoms with Gasteiger partial charge in [-0.1, -0.05) is 48.5 Å². The van der Waals surface area contributed by atoms with Crippen molar-refractivity contribution in [1.29, 1.82) is 5.26 Å². The summed E-state index contributed by atoms with van der Waals surface area (Å²) in [7, 11) is 1.29. The van der Waals surface area contributed by atoms with Crippen molar-refractivity contribution < 1.29 is 14.3 Å². The van der Waals surface area contributed by atoms with E-state index in [2.05, 4.69) is 11.4 Å². The molecular weight excluding hydrogens is 404 g/mol. The molecule has 7 heteroatoms. The van der Waals surface area contributed by atoms with Gasteiger partial charge in [-0.3, -0.25) is 4.79 Å². The van der Waals surface area contributed by atoms with Crippen molar-refractivity contribution in [3.8, 4) is 6.07 Å². The maximum atomic E-state index is 13.2. The molecular formula is C22H18N2O3S2. The van der Waals surface area contributed by atoms with Crippen LogP contribution in [-0.2, 0) is 9.53 Å². The minimum absolute atomic E-state index is 0.265. The third-order valence-electron chi connectivity index (χ3n) is 4.20. The third-order valence-corrected chi connectivity index (χ3v) is 6.66. The molecule has 0 unspecified atom stereocenters. The number of amides is 1. The number of carbonyl (C=O) groups is 2. The minimum atomic E-state index is -0.525. The van der Waals surface area contributed by atoms with Crippen molar-refractivity contribution in [3.63, 3.8) is 0 Å². The van der Waals surface area contributed by atoms with Gasteiger partial charge >= 0.3 is 5.97 Å². The van der Waals surface area contributed by atoms with Crippen LogP contribution in [0, 0.1) is 18.3 Å². The zero-order chi connectivity index (χ0) is 20.8. The standard InChI is InChI=1S/C22H18N2O3S2/c1-14-17(13-23)21(29-18(14)22(26)27-2)24-20(25)19(15-9-5-3-6-10-15)28-16-11-7-4-8-12-16/h3-12,19H,1-2H3,(H,24,25)/t19-/m0/s1. The van der Waals surface area contributed by atoms with Gasteiger partial charge in [0.2, 0.25) is 5.91 Å². The van der Waals surface area contributed by atoms with Crippen molar-refractivity contribution in [1.82, 2.24) is 0 Å². The fourth-order valence-electron chi connectivity index (χ4n) is 2.74. The number of esters is 1. The molecule has 0 radical (unpaired) electrons. The highest BCUT2D eigenvalue weighted by atomic mass is 32.2. The number of hydrogen-bond acceptors (Lipinski definition) is 6. The molecule has 0 spiro atoms. The van der Waals surface area contributed by atoms with E-state index in [1.54, 1.807) is 6.92 Å². The summed E-state index contributed by atoms with van der Waals surface area (Å²) >= 11 is 2.47. The molecule has 0 aliphatic rings. The Balaban J connectivity index is 1.93. The van der Waals surface area contributed by atoms with Gasteiger partial charge in [0.15, 0.2) is 0 Å². The molecule has 1 heterocycles. The Kier molecular flexibility index (Phi) is 6.70. The summed E-state index contributed by atoms with van der Waals surface area (Å²) in [5.74, 6) is -0.790. The van der Waals surface area contributed by atoms with Crippen LogP contribution in [0.3, 0.4) is 0 Å². The quantitative estimate of drug-likeness (QED) is 0.437. The molecule has 1 aromatic heterocycles. The van der Waals surface area contributed by atoms with E-state index in [0.29, 0.717) is 15.4 Å². The third kappa shape index (κ3) is 4.67. The predicted molar refractivity (Wildman–Crippen MR) is 115 cm³/mol. The lowest BCUT2D eigenvalue weighted by Gasteiger charge is -2.16. The number of methoxy groups -OCH3 is 1. The fourth-order valence-corrected chi connectivity index (χ4v) is 4.86. The highest BCUT2D eigenvalue weighted by molar-refractivity contribution is 8.00. The Morgan fingerprint density at radius 2 is 1.72 bits per heavy atom. The van der Waals surface area contributed by atoms with Gasteiger partial charge in [0.05, 0.1) is 12.7 Å². The number of rotatable bonds is 6. The number of anilines is 1. The lowest BCUT2D eigenvalue weighted by atomic mass is 10.1. The molecule has 5 nitrogen and oxygen atoms in total. The fraction of sp³-hybridized carbons (Fsp3) is 0.136. The highest BCUT2D eigenvalue weighted by Gasteiger charge is 2.26. The van der Waals surface area contributed by atoms with Crippen molar-refractivity contribution in [2.24, 2.45) is 0 Å². The summed E-state index contributed by atoms with van der Waals surface area (Å²) in [6, 6.07) is 21.2. The molecule has 2 aromatic carbocycles. The molecule has 1 N–H and O–H groups in total. The van der Waals surface area contributed by atoms with Gasteiger partial charge in [-0.15, -0.1) is 23.1 Å². The van der Waals surface area contributed by atoms with E-state index >= 15 is 0 Å². The first-order valence-electron chi connectivity index (χ1n) is 8.74. The van der Waals surface area contributed by atoms with Crippen LogP contribution < -0.4 is 5.32 Å². The maximum Gasteiger partial charge on any atom is 0.348 e. The Morgan fingerprint density at radius 3 is 2.31 bits per heavy atom. The molecule has 1 atom stereocenters. The maximum absolute atomic E-state index is 13.2. The molecule has 0 bridgehead atoms. The van der Waals surface area contributed by atoms with Gasteiger partial charge in [-0.25, -0.2) is 4.79 Å². The summed E-state index contributed by atoms with van der Waals surface area (Å²) in [6.45, 7) is 1.67. The summed E-state index contributed by atoms with van der Waals surface area (Å²) in [5, 5.41) is 12.2. The topological polar surface area (TPSA) is 79.2 Å². The van der Waals surface area contributed by atoms with Crippen molar-refractivity contribution in [3.05, 3.63) is 82.2 Å². The first-order valence-corrected chi connectivity index (χ1v) is 10.4. The first kappa shape index (κ1) is 20.6. The Hall–Kier alpha value is -3.08. The van der Waals surface area contributed by atoms with Gasteiger partial charge in [-0.2, -0.15) is 5.26 Å². The number of carbonyl (C=O) groups excluding carboxylic acids is 2. The predicted octanol–water partition coefficient (Wildman–Crippen LogP) is 5.19. The second-order valence-corrected chi connectivity index (χ2v) is 8.27. The van der Waals surface area contributed by atoms with Crippen LogP contribution >= 0.6 is 23.1 Å². The second kappa shape index (κ2) is 9.41. The van der Waals surface area contributed by atoms with Crippen LogP contribution in [0.15, 0.2) is 65.6 Å². The Morgan fingerprint density at radius 1 is 1.10 bits per heavy atom. The number of ether oxygens (including phenoxy) is 1. The van der Waals surface area contributed by atoms with E-state index in [0.717, 1.165) is 21.8 Å². The van der Waals surface area contributed by atoms with Gasteiger partial charge < -0.3 is 10.1 Å². The highest BCUT2D eigenvalue weighted by Crippen LogP contribution is 2.38. The number of nitriles is 1. The zero-order valence-corrected chi connectivity index (χ0v) is 17.5. The van der Waals surface area contributed by atoms with Crippen LogP contribution in [0.1, 0.15) is 31.6 Å². The number of thioether (sulfide) groups is 1. The minimum Gasteiger partial charge on any atom is -0.465 e. The molecule has 0 aliphatic heterocycles. The van der Waals surface area contributed by atoms with E-state index in [1.165, 1.54) is 18.9 Å². The lowest BCUT2D eigenvalue weighted by molar-refractivity contribution is -0.115. The van der Waals surface area contributed by atoms with Gasteiger partial charge in [0.1, 0.15) is 21.2 Å². The number of nitrogens with one attached hydrogen (secondary N) is 1. The molecule has 0 fully saturated rings. The number of nitrogens with zero attached hydrogens (tertiary/aromatic N) is 1. The number of thiophene rings is 1. The van der Waals surface area contributed by atoms with E-state index in [4.69, 9.17) is 4.74 Å². The molecule has 29 heavy (non-hydrogen) atoms. The van der Waals surface area contributed by atoms with Gasteiger partial charge in [-0.05, 0) is 30.2 Å². The lowest BCUT2D eigenvalue weighted by Crippen LogP contribution is -2.19. The van der Waals surface area contributed by atoms with Crippen LogP contribution in [0.4, 0.5) is 5.00 Å². The molecule has 0 saturated carbocycles. The normalized spacial score (nSPS) is 11.3. The van der Waals surface area contributed by atoms with Crippen molar-refractivity contribution in [2.45, 2.75) is 17.1 Å². The summed E-state index contributed by atoms with van der Waals surface area (Å²) < 4.78 is 4.78. The van der Waals surface area contributed by atoms with Crippen molar-refractivity contribution in [2.75, 3.05) is 12.4 Å². The Labute approximate surface area is 177 Å². The molecule has 1 amide bonds. The Bertz CT molecular complexity index is 1060. The summed E-state index contributed by atoms with van der Waals surface area (Å²) in [4.78, 5) is 26.4. The smallest absolute Gasteiger partial charge is 0.348 e. The molecule has 3 rings (SSSR count). The molecule has 0 aliphatic carbocycles. The van der Waals surface area contributed by atoms with Crippen LogP contribution in [0.2, 0.25) is 0 Å². The first-order chi connectivity index (χ1) is 14.0. The number of benzene rings is 2. The average Bonchev–Trinajstić information content (AvgIpc) is 3.07. The van der Waals surface area contributed by atoms with Crippen molar-refractivity contribution >= 4 is 40.0 Å². The molecule has 3 aromatic rings. The number of hydrogen-bond donors (Lipinski definition) is 1. The largest absolute Gasteiger partial charge is 0.465 e. The molecule has 0 saturated heterocycles. The van der Waals surface area contributed by atoms with E-state index in [9.17, 15) is 14.9 Å². The zero-order valence-electron chi connectivity index (χ0n) is 15.8. The van der Waals surface area contributed by atoms with Crippen LogP contribution in [0.5, 0.6) is 0 Å². The van der Waals surface area contributed by atoms with E-state index in [1.807, 2.05) is 60.7 Å². The van der Waals surface area contributed by atoms with Crippen LogP contribution in [-0.4, -0.2) is 19.0 Å². The second-order valence-electron chi connectivity index (χ2n) is 6.07. The van der Waals surface area contributed by atoms with Gasteiger partial charge in [0, 0.05) is 4.90 Å². The monoisotopic (exact) mass is 422 g/mol. The van der Waals surface area contributed by atoms with E-state index < -0.39 is 11.2 Å². The summed E-state index contributed by atoms with van der Waals surface area (Å²) in [5.41, 5.74) is 1.63. The van der Waals surface area contributed by atoms with E-state index in [-0.39, 0.29) is 11.5 Å². The summed E-state index contributed by atoms with van der Waals surface area (Å²) in [6.07, 6.45) is 0.